The number of nitrogens with zero attached hydrogens (tertiary/aromatic N) is 3. The molecule has 0 unspecified atom stereocenters. The maximum absolute atomic E-state index is 12.2. The molecular weight excluding hydrogens is 280 g/mol. The van der Waals surface area contributed by atoms with Crippen molar-refractivity contribution in [3.8, 4) is 0 Å². The van der Waals surface area contributed by atoms with Gasteiger partial charge in [-0.2, -0.15) is 5.10 Å². The number of amides is 1. The molecule has 22 heavy (non-hydrogen) atoms. The number of aryl methyl sites for hydroxylation is 4. The predicted octanol–water partition coefficient (Wildman–Crippen LogP) is 2.72. The van der Waals surface area contributed by atoms with E-state index in [1.807, 2.05) is 20.9 Å². The fraction of sp³-hybridized carbons (Fsp3) is 0.562. The van der Waals surface area contributed by atoms with Gasteiger partial charge in [0.05, 0.1) is 11.4 Å². The van der Waals surface area contributed by atoms with Crippen LogP contribution in [0.25, 0.3) is 0 Å². The molecule has 0 saturated heterocycles. The maximum atomic E-state index is 12.2. The van der Waals surface area contributed by atoms with E-state index in [4.69, 9.17) is 4.52 Å². The van der Waals surface area contributed by atoms with Gasteiger partial charge >= 0.3 is 0 Å². The van der Waals surface area contributed by atoms with Gasteiger partial charge in [0.15, 0.2) is 0 Å². The van der Waals surface area contributed by atoms with Crippen LogP contribution in [0, 0.1) is 13.8 Å². The molecule has 0 aliphatic carbocycles. The summed E-state index contributed by atoms with van der Waals surface area (Å²) in [7, 11) is 1.86. The Morgan fingerprint density at radius 2 is 1.95 bits per heavy atom. The van der Waals surface area contributed by atoms with Crippen LogP contribution in [0.15, 0.2) is 4.52 Å². The molecule has 0 aromatic carbocycles. The SMILES string of the molecule is CCc1nn(C)c(NC(=O)CCc2c(C)noc2C)c1CC. The molecule has 0 fully saturated rings. The lowest BCUT2D eigenvalue weighted by Gasteiger charge is -2.08. The quantitative estimate of drug-likeness (QED) is 0.890. The van der Waals surface area contributed by atoms with Gasteiger partial charge in [-0.25, -0.2) is 0 Å². The third-order valence-corrected chi connectivity index (χ3v) is 3.96. The van der Waals surface area contributed by atoms with Gasteiger partial charge in [0.1, 0.15) is 11.6 Å². The van der Waals surface area contributed by atoms with Crippen LogP contribution in [0.4, 0.5) is 5.82 Å². The molecule has 6 nitrogen and oxygen atoms in total. The zero-order chi connectivity index (χ0) is 16.3. The van der Waals surface area contributed by atoms with Crippen molar-refractivity contribution < 1.29 is 9.32 Å². The number of carbonyl (C=O) groups excluding carboxylic acids is 1. The van der Waals surface area contributed by atoms with Crippen molar-refractivity contribution in [1.82, 2.24) is 14.9 Å². The van der Waals surface area contributed by atoms with Gasteiger partial charge in [0.2, 0.25) is 5.91 Å². The van der Waals surface area contributed by atoms with Gasteiger partial charge in [-0.3, -0.25) is 9.48 Å². The van der Waals surface area contributed by atoms with Crippen molar-refractivity contribution in [1.29, 1.82) is 0 Å². The molecule has 0 bridgehead atoms. The lowest BCUT2D eigenvalue weighted by Crippen LogP contribution is -2.16. The largest absolute Gasteiger partial charge is 0.361 e. The third kappa shape index (κ3) is 3.21. The zero-order valence-electron chi connectivity index (χ0n) is 14.0. The average Bonchev–Trinajstić information content (AvgIpc) is 2.97. The summed E-state index contributed by atoms with van der Waals surface area (Å²) in [6.45, 7) is 7.92. The monoisotopic (exact) mass is 304 g/mol. The van der Waals surface area contributed by atoms with Crippen LogP contribution in [-0.4, -0.2) is 20.8 Å². The Kier molecular flexibility index (Phi) is 5.00. The van der Waals surface area contributed by atoms with Gasteiger partial charge in [0, 0.05) is 24.6 Å². The number of rotatable bonds is 6. The van der Waals surface area contributed by atoms with E-state index >= 15 is 0 Å². The first-order valence-corrected chi connectivity index (χ1v) is 7.74. The first-order valence-electron chi connectivity index (χ1n) is 7.74. The topological polar surface area (TPSA) is 73.0 Å². The molecule has 0 aliphatic heterocycles. The Morgan fingerprint density at radius 3 is 2.50 bits per heavy atom. The third-order valence-electron chi connectivity index (χ3n) is 3.96. The standard InChI is InChI=1S/C16H24N4O2/c1-6-12-14(7-2)18-20(5)16(12)17-15(21)9-8-13-10(3)19-22-11(13)4/h6-9H2,1-5H3,(H,17,21). The van der Waals surface area contributed by atoms with E-state index in [1.165, 1.54) is 0 Å². The second kappa shape index (κ2) is 6.77. The number of anilines is 1. The molecule has 1 amide bonds. The van der Waals surface area contributed by atoms with Crippen molar-refractivity contribution in [3.05, 3.63) is 28.3 Å². The second-order valence-corrected chi connectivity index (χ2v) is 5.46. The van der Waals surface area contributed by atoms with Gasteiger partial charge in [-0.1, -0.05) is 19.0 Å². The van der Waals surface area contributed by atoms with Crippen LogP contribution in [-0.2, 0) is 31.1 Å². The number of hydrogen-bond acceptors (Lipinski definition) is 4. The highest BCUT2D eigenvalue weighted by Crippen LogP contribution is 2.21. The predicted molar refractivity (Wildman–Crippen MR) is 84.9 cm³/mol. The van der Waals surface area contributed by atoms with E-state index in [0.717, 1.165) is 46.9 Å². The molecular formula is C16H24N4O2. The summed E-state index contributed by atoms with van der Waals surface area (Å²) in [5.74, 6) is 1.58. The Balaban J connectivity index is 2.05. The minimum atomic E-state index is -0.0136. The van der Waals surface area contributed by atoms with Crippen molar-refractivity contribution >= 4 is 11.7 Å². The van der Waals surface area contributed by atoms with Crippen molar-refractivity contribution in [2.75, 3.05) is 5.32 Å². The van der Waals surface area contributed by atoms with E-state index in [1.54, 1.807) is 4.68 Å². The Labute approximate surface area is 130 Å². The summed E-state index contributed by atoms with van der Waals surface area (Å²) >= 11 is 0. The van der Waals surface area contributed by atoms with E-state index < -0.39 is 0 Å². The van der Waals surface area contributed by atoms with E-state index in [0.29, 0.717) is 12.8 Å². The summed E-state index contributed by atoms with van der Waals surface area (Å²) in [6.07, 6.45) is 2.76. The summed E-state index contributed by atoms with van der Waals surface area (Å²) in [6, 6.07) is 0. The summed E-state index contributed by atoms with van der Waals surface area (Å²) in [5, 5.41) is 11.4. The highest BCUT2D eigenvalue weighted by molar-refractivity contribution is 5.90. The minimum absolute atomic E-state index is 0.0136. The number of nitrogens with one attached hydrogen (secondary N) is 1. The molecule has 1 N–H and O–H groups in total. The van der Waals surface area contributed by atoms with Crippen LogP contribution < -0.4 is 5.32 Å². The first kappa shape index (κ1) is 16.3. The zero-order valence-corrected chi connectivity index (χ0v) is 14.0. The average molecular weight is 304 g/mol. The highest BCUT2D eigenvalue weighted by Gasteiger charge is 2.16. The minimum Gasteiger partial charge on any atom is -0.361 e. The molecule has 0 spiro atoms. The molecule has 0 atom stereocenters. The molecule has 2 aromatic heterocycles. The first-order chi connectivity index (χ1) is 10.5. The number of aromatic nitrogens is 3. The fourth-order valence-electron chi connectivity index (χ4n) is 2.73. The lowest BCUT2D eigenvalue weighted by molar-refractivity contribution is -0.116. The number of hydrogen-bond donors (Lipinski definition) is 1. The van der Waals surface area contributed by atoms with Crippen molar-refractivity contribution in [2.45, 2.75) is 53.4 Å². The van der Waals surface area contributed by atoms with Gasteiger partial charge in [-0.15, -0.1) is 0 Å². The maximum Gasteiger partial charge on any atom is 0.225 e. The molecule has 2 aromatic rings. The second-order valence-electron chi connectivity index (χ2n) is 5.46. The lowest BCUT2D eigenvalue weighted by atomic mass is 10.1. The summed E-state index contributed by atoms with van der Waals surface area (Å²) < 4.78 is 6.88. The molecule has 0 aliphatic rings. The van der Waals surface area contributed by atoms with Gasteiger partial charge in [0.25, 0.3) is 0 Å². The van der Waals surface area contributed by atoms with Crippen molar-refractivity contribution in [3.63, 3.8) is 0 Å². The highest BCUT2D eigenvalue weighted by atomic mass is 16.5. The van der Waals surface area contributed by atoms with Crippen LogP contribution in [0.3, 0.4) is 0 Å². The van der Waals surface area contributed by atoms with Crippen LogP contribution >= 0.6 is 0 Å². The molecule has 2 rings (SSSR count). The normalized spacial score (nSPS) is 11.0. The molecule has 2 heterocycles. The van der Waals surface area contributed by atoms with Gasteiger partial charge in [-0.05, 0) is 33.1 Å². The summed E-state index contributed by atoms with van der Waals surface area (Å²) in [4.78, 5) is 12.2. The van der Waals surface area contributed by atoms with Crippen LogP contribution in [0.2, 0.25) is 0 Å². The fourth-order valence-corrected chi connectivity index (χ4v) is 2.73. The molecule has 6 heteroatoms. The molecule has 120 valence electrons. The van der Waals surface area contributed by atoms with E-state index in [9.17, 15) is 4.79 Å². The Morgan fingerprint density at radius 1 is 1.23 bits per heavy atom. The Bertz CT molecular complexity index is 650. The molecule has 0 saturated carbocycles. The van der Waals surface area contributed by atoms with E-state index in [-0.39, 0.29) is 5.91 Å². The Hall–Kier alpha value is -2.11. The number of carbonyl (C=O) groups is 1. The van der Waals surface area contributed by atoms with Crippen LogP contribution in [0.5, 0.6) is 0 Å². The smallest absolute Gasteiger partial charge is 0.225 e. The van der Waals surface area contributed by atoms with Crippen LogP contribution in [0.1, 0.15) is 48.5 Å². The van der Waals surface area contributed by atoms with E-state index in [2.05, 4.69) is 29.4 Å². The summed E-state index contributed by atoms with van der Waals surface area (Å²) in [5.41, 5.74) is 4.04. The molecule has 0 radical (unpaired) electrons. The van der Waals surface area contributed by atoms with Gasteiger partial charge < -0.3 is 9.84 Å². The van der Waals surface area contributed by atoms with Crippen molar-refractivity contribution in [2.24, 2.45) is 7.05 Å².